The van der Waals surface area contributed by atoms with Crippen LogP contribution >= 0.6 is 15.9 Å². The minimum atomic E-state index is -0.358. The fraction of sp³-hybridized carbons (Fsp3) is 0.0714. The van der Waals surface area contributed by atoms with Gasteiger partial charge < -0.3 is 0 Å². The molecule has 0 fully saturated rings. The van der Waals surface area contributed by atoms with Crippen LogP contribution in [0.2, 0.25) is 0 Å². The summed E-state index contributed by atoms with van der Waals surface area (Å²) >= 11 is 3.21. The molecule has 0 bridgehead atoms. The lowest BCUT2D eigenvalue weighted by Crippen LogP contribution is -2.06. The summed E-state index contributed by atoms with van der Waals surface area (Å²) in [7, 11) is 0. The van der Waals surface area contributed by atoms with Crippen molar-refractivity contribution in [3.8, 4) is 0 Å². The lowest BCUT2D eigenvalue weighted by molar-refractivity contribution is 0.103. The van der Waals surface area contributed by atoms with Crippen molar-refractivity contribution in [2.24, 2.45) is 0 Å². The first-order chi connectivity index (χ1) is 8.24. The first kappa shape index (κ1) is 12.0. The molecule has 0 aliphatic rings. The standard InChI is InChI=1S/C14H10BrFO/c15-9-12-11(7-4-8-13(12)16)14(17)10-5-2-1-3-6-10/h1-8H,9H2. The van der Waals surface area contributed by atoms with E-state index in [0.29, 0.717) is 22.0 Å². The van der Waals surface area contributed by atoms with Crippen LogP contribution < -0.4 is 0 Å². The Morgan fingerprint density at radius 1 is 1.06 bits per heavy atom. The Balaban J connectivity index is 2.48. The zero-order valence-electron chi connectivity index (χ0n) is 8.99. The number of hydrogen-bond donors (Lipinski definition) is 0. The molecule has 0 spiro atoms. The van der Waals surface area contributed by atoms with Crippen molar-refractivity contribution < 1.29 is 9.18 Å². The molecule has 0 aliphatic carbocycles. The summed E-state index contributed by atoms with van der Waals surface area (Å²) in [5.74, 6) is -0.511. The second-order valence-electron chi connectivity index (χ2n) is 3.59. The predicted molar refractivity (Wildman–Crippen MR) is 68.9 cm³/mol. The summed E-state index contributed by atoms with van der Waals surface area (Å²) in [6.07, 6.45) is 0. The fourth-order valence-electron chi connectivity index (χ4n) is 1.65. The van der Waals surface area contributed by atoms with Gasteiger partial charge in [0.15, 0.2) is 5.78 Å². The molecule has 2 rings (SSSR count). The van der Waals surface area contributed by atoms with E-state index in [4.69, 9.17) is 0 Å². The molecule has 0 radical (unpaired) electrons. The highest BCUT2D eigenvalue weighted by molar-refractivity contribution is 9.08. The molecule has 0 saturated carbocycles. The van der Waals surface area contributed by atoms with Crippen LogP contribution in [0.15, 0.2) is 48.5 Å². The van der Waals surface area contributed by atoms with Gasteiger partial charge in [0.05, 0.1) is 0 Å². The van der Waals surface area contributed by atoms with Gasteiger partial charge in [-0.2, -0.15) is 0 Å². The molecular formula is C14H10BrFO. The summed E-state index contributed by atoms with van der Waals surface area (Å²) < 4.78 is 13.5. The molecule has 0 saturated heterocycles. The van der Waals surface area contributed by atoms with Gasteiger partial charge in [-0.3, -0.25) is 4.79 Å². The Hall–Kier alpha value is -1.48. The maximum absolute atomic E-state index is 13.5. The Labute approximate surface area is 107 Å². The Morgan fingerprint density at radius 2 is 1.76 bits per heavy atom. The molecule has 3 heteroatoms. The van der Waals surface area contributed by atoms with Crippen molar-refractivity contribution in [1.29, 1.82) is 0 Å². The first-order valence-electron chi connectivity index (χ1n) is 5.17. The van der Waals surface area contributed by atoms with Gasteiger partial charge in [0.1, 0.15) is 5.82 Å². The molecule has 0 N–H and O–H groups in total. The summed E-state index contributed by atoms with van der Waals surface area (Å²) in [6, 6.07) is 13.4. The third-order valence-electron chi connectivity index (χ3n) is 2.53. The Morgan fingerprint density at radius 3 is 2.41 bits per heavy atom. The number of alkyl halides is 1. The van der Waals surface area contributed by atoms with Crippen LogP contribution in [0.4, 0.5) is 4.39 Å². The van der Waals surface area contributed by atoms with E-state index in [1.165, 1.54) is 6.07 Å². The zero-order valence-corrected chi connectivity index (χ0v) is 10.6. The third kappa shape index (κ3) is 2.44. The largest absolute Gasteiger partial charge is 0.289 e. The number of halogens is 2. The molecule has 0 amide bonds. The molecule has 2 aromatic carbocycles. The maximum Gasteiger partial charge on any atom is 0.193 e. The monoisotopic (exact) mass is 292 g/mol. The summed E-state index contributed by atoms with van der Waals surface area (Å²) in [6.45, 7) is 0. The highest BCUT2D eigenvalue weighted by atomic mass is 79.9. The minimum absolute atomic E-state index is 0.153. The highest BCUT2D eigenvalue weighted by Gasteiger charge is 2.15. The molecular weight excluding hydrogens is 283 g/mol. The van der Waals surface area contributed by atoms with Gasteiger partial charge in [-0.15, -0.1) is 0 Å². The number of carbonyl (C=O) groups is 1. The van der Waals surface area contributed by atoms with Crippen LogP contribution in [0.1, 0.15) is 21.5 Å². The van der Waals surface area contributed by atoms with Crippen LogP contribution in [-0.4, -0.2) is 5.78 Å². The van der Waals surface area contributed by atoms with E-state index in [1.807, 2.05) is 6.07 Å². The van der Waals surface area contributed by atoms with Crippen LogP contribution in [0.3, 0.4) is 0 Å². The second-order valence-corrected chi connectivity index (χ2v) is 4.16. The molecule has 86 valence electrons. The van der Waals surface area contributed by atoms with E-state index in [-0.39, 0.29) is 11.6 Å². The number of hydrogen-bond acceptors (Lipinski definition) is 1. The number of ketones is 1. The number of benzene rings is 2. The van der Waals surface area contributed by atoms with Gasteiger partial charge in [-0.25, -0.2) is 4.39 Å². The topological polar surface area (TPSA) is 17.1 Å². The van der Waals surface area contributed by atoms with Crippen molar-refractivity contribution in [2.45, 2.75) is 5.33 Å². The molecule has 0 aromatic heterocycles. The average molecular weight is 293 g/mol. The minimum Gasteiger partial charge on any atom is -0.289 e. The van der Waals surface area contributed by atoms with E-state index < -0.39 is 0 Å². The highest BCUT2D eigenvalue weighted by Crippen LogP contribution is 2.20. The predicted octanol–water partition coefficient (Wildman–Crippen LogP) is 3.95. The molecule has 17 heavy (non-hydrogen) atoms. The maximum atomic E-state index is 13.5. The summed E-state index contributed by atoms with van der Waals surface area (Å²) in [5.41, 5.74) is 1.38. The summed E-state index contributed by atoms with van der Waals surface area (Å²) in [4.78, 5) is 12.2. The number of carbonyl (C=O) groups excluding carboxylic acids is 1. The molecule has 0 aliphatic heterocycles. The lowest BCUT2D eigenvalue weighted by atomic mass is 9.99. The Bertz CT molecular complexity index is 537. The van der Waals surface area contributed by atoms with Gasteiger partial charge in [-0.1, -0.05) is 58.4 Å². The van der Waals surface area contributed by atoms with Crippen LogP contribution in [0.25, 0.3) is 0 Å². The zero-order chi connectivity index (χ0) is 12.3. The van der Waals surface area contributed by atoms with Crippen LogP contribution in [0.5, 0.6) is 0 Å². The van der Waals surface area contributed by atoms with Crippen molar-refractivity contribution in [3.05, 3.63) is 71.0 Å². The molecule has 0 atom stereocenters. The third-order valence-corrected chi connectivity index (χ3v) is 3.09. The van der Waals surface area contributed by atoms with Gasteiger partial charge in [0.25, 0.3) is 0 Å². The van der Waals surface area contributed by atoms with Crippen molar-refractivity contribution >= 4 is 21.7 Å². The fourth-order valence-corrected chi connectivity index (χ4v) is 2.22. The molecule has 0 heterocycles. The SMILES string of the molecule is O=C(c1ccccc1)c1cccc(F)c1CBr. The van der Waals surface area contributed by atoms with E-state index in [2.05, 4.69) is 15.9 Å². The molecule has 0 unspecified atom stereocenters. The van der Waals surface area contributed by atoms with Crippen molar-refractivity contribution in [1.82, 2.24) is 0 Å². The normalized spacial score (nSPS) is 10.2. The van der Waals surface area contributed by atoms with E-state index in [0.717, 1.165) is 0 Å². The smallest absolute Gasteiger partial charge is 0.193 e. The molecule has 1 nitrogen and oxygen atoms in total. The van der Waals surface area contributed by atoms with Gasteiger partial charge in [-0.05, 0) is 6.07 Å². The van der Waals surface area contributed by atoms with Crippen LogP contribution in [0, 0.1) is 5.82 Å². The van der Waals surface area contributed by atoms with E-state index in [9.17, 15) is 9.18 Å². The quantitative estimate of drug-likeness (QED) is 0.618. The van der Waals surface area contributed by atoms with Gasteiger partial charge in [0.2, 0.25) is 0 Å². The average Bonchev–Trinajstić information content (AvgIpc) is 2.38. The first-order valence-corrected chi connectivity index (χ1v) is 6.29. The van der Waals surface area contributed by atoms with E-state index >= 15 is 0 Å². The van der Waals surface area contributed by atoms with E-state index in [1.54, 1.807) is 36.4 Å². The van der Waals surface area contributed by atoms with Gasteiger partial charge >= 0.3 is 0 Å². The van der Waals surface area contributed by atoms with Crippen molar-refractivity contribution in [3.63, 3.8) is 0 Å². The second kappa shape index (κ2) is 5.23. The molecule has 2 aromatic rings. The Kier molecular flexibility index (Phi) is 3.69. The summed E-state index contributed by atoms with van der Waals surface area (Å²) in [5, 5.41) is 0.327. The lowest BCUT2D eigenvalue weighted by Gasteiger charge is -2.07. The van der Waals surface area contributed by atoms with Gasteiger partial charge in [0, 0.05) is 22.0 Å². The van der Waals surface area contributed by atoms with Crippen molar-refractivity contribution in [2.75, 3.05) is 0 Å². The number of rotatable bonds is 3. The van der Waals surface area contributed by atoms with Crippen LogP contribution in [-0.2, 0) is 5.33 Å².